The topological polar surface area (TPSA) is 117 Å². The average molecular weight is 266 g/mol. The highest BCUT2D eigenvalue weighted by Crippen LogP contribution is 2.05. The molecule has 1 aromatic heterocycles. The number of nitrogens with one attached hydrogen (secondary N) is 1. The second kappa shape index (κ2) is 6.48. The van der Waals surface area contributed by atoms with Gasteiger partial charge in [0.25, 0.3) is 5.91 Å². The molecule has 7 heteroatoms. The van der Waals surface area contributed by atoms with Gasteiger partial charge in [0.05, 0.1) is 0 Å². The summed E-state index contributed by atoms with van der Waals surface area (Å²) < 4.78 is 0. The van der Waals surface area contributed by atoms with Gasteiger partial charge in [-0.05, 0) is 25.0 Å². The van der Waals surface area contributed by atoms with Crippen molar-refractivity contribution in [3.63, 3.8) is 0 Å². The molecule has 1 atom stereocenters. The number of carboxylic acids is 2. The predicted octanol–water partition coefficient (Wildman–Crippen LogP) is 0.438. The lowest BCUT2D eigenvalue weighted by Crippen LogP contribution is -2.41. The molecule has 3 N–H and O–H groups in total. The number of carbonyl (C=O) groups excluding carboxylic acids is 1. The maximum Gasteiger partial charge on any atom is 0.326 e. The highest BCUT2D eigenvalue weighted by Gasteiger charge is 2.22. The molecule has 0 saturated carbocycles. The van der Waals surface area contributed by atoms with Crippen LogP contribution in [0.3, 0.4) is 0 Å². The first-order chi connectivity index (χ1) is 8.91. The number of amides is 1. The first-order valence-electron chi connectivity index (χ1n) is 5.59. The maximum absolute atomic E-state index is 11.8. The standard InChI is InChI=1S/C12H14N2O5/c1-7-3-2-6-13-10(7)11(17)14-8(12(18)19)4-5-9(15)16/h2-3,6,8H,4-5H2,1H3,(H,14,17)(H,15,16)(H,18,19)/t8-/m0/s1. The molecule has 1 rings (SSSR count). The van der Waals surface area contributed by atoms with Crippen LogP contribution in [0.4, 0.5) is 0 Å². The van der Waals surface area contributed by atoms with Crippen molar-refractivity contribution in [1.82, 2.24) is 10.3 Å². The van der Waals surface area contributed by atoms with Gasteiger partial charge in [-0.1, -0.05) is 6.07 Å². The summed E-state index contributed by atoms with van der Waals surface area (Å²) in [6, 6.07) is 2.09. The van der Waals surface area contributed by atoms with E-state index in [4.69, 9.17) is 10.2 Å². The molecular weight excluding hydrogens is 252 g/mol. The largest absolute Gasteiger partial charge is 0.481 e. The molecule has 0 fully saturated rings. The molecule has 1 heterocycles. The van der Waals surface area contributed by atoms with E-state index in [-0.39, 0.29) is 18.5 Å². The Labute approximate surface area is 109 Å². The minimum atomic E-state index is -1.27. The number of carboxylic acid groups (broad SMARTS) is 2. The first kappa shape index (κ1) is 14.6. The Hall–Kier alpha value is -2.44. The molecule has 7 nitrogen and oxygen atoms in total. The number of aryl methyl sites for hydroxylation is 1. The van der Waals surface area contributed by atoms with Gasteiger partial charge < -0.3 is 15.5 Å². The van der Waals surface area contributed by atoms with Crippen LogP contribution in [0.5, 0.6) is 0 Å². The van der Waals surface area contributed by atoms with Crippen molar-refractivity contribution in [1.29, 1.82) is 0 Å². The van der Waals surface area contributed by atoms with Crippen LogP contribution in [0.25, 0.3) is 0 Å². The summed E-state index contributed by atoms with van der Waals surface area (Å²) in [4.78, 5) is 37.1. The molecule has 0 radical (unpaired) electrons. The lowest BCUT2D eigenvalue weighted by Gasteiger charge is -2.13. The number of hydrogen-bond acceptors (Lipinski definition) is 4. The zero-order chi connectivity index (χ0) is 14.4. The van der Waals surface area contributed by atoms with E-state index in [9.17, 15) is 14.4 Å². The van der Waals surface area contributed by atoms with E-state index in [1.165, 1.54) is 6.20 Å². The van der Waals surface area contributed by atoms with Crippen molar-refractivity contribution in [2.45, 2.75) is 25.8 Å². The smallest absolute Gasteiger partial charge is 0.326 e. The van der Waals surface area contributed by atoms with Crippen LogP contribution >= 0.6 is 0 Å². The first-order valence-corrected chi connectivity index (χ1v) is 5.59. The van der Waals surface area contributed by atoms with E-state index in [1.54, 1.807) is 19.1 Å². The molecule has 0 unspecified atom stereocenters. The Morgan fingerprint density at radius 1 is 1.37 bits per heavy atom. The molecule has 0 aliphatic carbocycles. The SMILES string of the molecule is Cc1cccnc1C(=O)N[C@@H](CCC(=O)O)C(=O)O. The molecule has 19 heavy (non-hydrogen) atoms. The molecule has 0 spiro atoms. The zero-order valence-electron chi connectivity index (χ0n) is 10.3. The van der Waals surface area contributed by atoms with Gasteiger partial charge >= 0.3 is 11.9 Å². The van der Waals surface area contributed by atoms with Crippen LogP contribution < -0.4 is 5.32 Å². The van der Waals surface area contributed by atoms with E-state index in [1.807, 2.05) is 0 Å². The van der Waals surface area contributed by atoms with Gasteiger partial charge in [0.15, 0.2) is 0 Å². The minimum absolute atomic E-state index is 0.129. The summed E-state index contributed by atoms with van der Waals surface area (Å²) in [6.07, 6.45) is 0.912. The summed E-state index contributed by atoms with van der Waals surface area (Å²) in [5, 5.41) is 19.7. The molecule has 1 aromatic rings. The number of nitrogens with zero attached hydrogens (tertiary/aromatic N) is 1. The van der Waals surface area contributed by atoms with E-state index < -0.39 is 23.9 Å². The molecule has 0 saturated heterocycles. The normalized spacial score (nSPS) is 11.6. The highest BCUT2D eigenvalue weighted by molar-refractivity contribution is 5.96. The van der Waals surface area contributed by atoms with E-state index in [2.05, 4.69) is 10.3 Å². The Balaban J connectivity index is 2.74. The Bertz CT molecular complexity index is 501. The zero-order valence-corrected chi connectivity index (χ0v) is 10.3. The maximum atomic E-state index is 11.8. The number of carbonyl (C=O) groups is 3. The molecule has 0 aliphatic rings. The number of hydrogen-bond donors (Lipinski definition) is 3. The summed E-state index contributed by atoms with van der Waals surface area (Å²) in [6.45, 7) is 1.68. The lowest BCUT2D eigenvalue weighted by molar-refractivity contribution is -0.140. The summed E-state index contributed by atoms with van der Waals surface area (Å²) in [5.74, 6) is -3.02. The van der Waals surface area contributed by atoms with Crippen LogP contribution in [-0.2, 0) is 9.59 Å². The Kier molecular flexibility index (Phi) is 4.99. The molecule has 0 bridgehead atoms. The number of rotatable bonds is 6. The van der Waals surface area contributed by atoms with Gasteiger partial charge in [-0.15, -0.1) is 0 Å². The van der Waals surface area contributed by atoms with Gasteiger partial charge in [-0.3, -0.25) is 14.6 Å². The van der Waals surface area contributed by atoms with Crippen molar-refractivity contribution in [3.05, 3.63) is 29.6 Å². The van der Waals surface area contributed by atoms with Crippen LogP contribution in [0.1, 0.15) is 28.9 Å². The third-order valence-corrected chi connectivity index (χ3v) is 2.47. The summed E-state index contributed by atoms with van der Waals surface area (Å²) >= 11 is 0. The second-order valence-electron chi connectivity index (χ2n) is 3.97. The second-order valence-corrected chi connectivity index (χ2v) is 3.97. The molecule has 102 valence electrons. The van der Waals surface area contributed by atoms with Crippen LogP contribution in [0.2, 0.25) is 0 Å². The number of pyridine rings is 1. The van der Waals surface area contributed by atoms with Crippen molar-refractivity contribution >= 4 is 17.8 Å². The quantitative estimate of drug-likeness (QED) is 0.687. The number of aromatic nitrogens is 1. The Morgan fingerprint density at radius 3 is 2.58 bits per heavy atom. The molecule has 0 aromatic carbocycles. The fraction of sp³-hybridized carbons (Fsp3) is 0.333. The van der Waals surface area contributed by atoms with Gasteiger partial charge in [-0.2, -0.15) is 0 Å². The van der Waals surface area contributed by atoms with E-state index >= 15 is 0 Å². The Morgan fingerprint density at radius 2 is 2.05 bits per heavy atom. The summed E-state index contributed by atoms with van der Waals surface area (Å²) in [5.41, 5.74) is 0.742. The van der Waals surface area contributed by atoms with Crippen LogP contribution in [0, 0.1) is 6.92 Å². The fourth-order valence-electron chi connectivity index (χ4n) is 1.48. The number of aliphatic carboxylic acids is 2. The van der Waals surface area contributed by atoms with Gasteiger partial charge in [0, 0.05) is 12.6 Å². The molecular formula is C12H14N2O5. The third-order valence-electron chi connectivity index (χ3n) is 2.47. The average Bonchev–Trinajstić information content (AvgIpc) is 2.34. The lowest BCUT2D eigenvalue weighted by atomic mass is 10.1. The van der Waals surface area contributed by atoms with Gasteiger partial charge in [0.2, 0.25) is 0 Å². The molecule has 1 amide bonds. The third kappa shape index (κ3) is 4.38. The fourth-order valence-corrected chi connectivity index (χ4v) is 1.48. The predicted molar refractivity (Wildman–Crippen MR) is 64.7 cm³/mol. The van der Waals surface area contributed by atoms with E-state index in [0.717, 1.165) is 0 Å². The van der Waals surface area contributed by atoms with Crippen molar-refractivity contribution in [2.24, 2.45) is 0 Å². The minimum Gasteiger partial charge on any atom is -0.481 e. The van der Waals surface area contributed by atoms with E-state index in [0.29, 0.717) is 5.56 Å². The van der Waals surface area contributed by atoms with Crippen molar-refractivity contribution in [3.8, 4) is 0 Å². The van der Waals surface area contributed by atoms with Crippen molar-refractivity contribution < 1.29 is 24.6 Å². The van der Waals surface area contributed by atoms with Gasteiger partial charge in [0.1, 0.15) is 11.7 Å². The van der Waals surface area contributed by atoms with Crippen molar-refractivity contribution in [2.75, 3.05) is 0 Å². The highest BCUT2D eigenvalue weighted by atomic mass is 16.4. The summed E-state index contributed by atoms with van der Waals surface area (Å²) in [7, 11) is 0. The van der Waals surface area contributed by atoms with Gasteiger partial charge in [-0.25, -0.2) is 4.79 Å². The monoisotopic (exact) mass is 266 g/mol. The van der Waals surface area contributed by atoms with Crippen LogP contribution in [-0.4, -0.2) is 39.1 Å². The molecule has 0 aliphatic heterocycles. The van der Waals surface area contributed by atoms with Crippen LogP contribution in [0.15, 0.2) is 18.3 Å².